The van der Waals surface area contributed by atoms with Crippen molar-refractivity contribution in [3.05, 3.63) is 35.8 Å². The van der Waals surface area contributed by atoms with Crippen LogP contribution in [-0.2, 0) is 6.42 Å². The van der Waals surface area contributed by atoms with Gasteiger partial charge in [-0.05, 0) is 38.7 Å². The molecule has 0 unspecified atom stereocenters. The minimum absolute atomic E-state index is 0.151. The van der Waals surface area contributed by atoms with E-state index < -0.39 is 0 Å². The maximum atomic E-state index is 12.4. The molecule has 0 saturated heterocycles. The van der Waals surface area contributed by atoms with Crippen molar-refractivity contribution in [1.82, 2.24) is 20.3 Å². The maximum absolute atomic E-state index is 12.4. The molecule has 6 nitrogen and oxygen atoms in total. The Hall–Kier alpha value is -1.89. The standard InChI is InChI=1S/C17H22N4O2S/c1-3-14-20-11(2)15(23-14)16(22)21-12-5-7-13(8-6-12)24-17-18-9-4-10-19-17/h4,9-10,12-13H,3,5-8H2,1-2H3,(H,21,22). The first kappa shape index (κ1) is 17.0. The van der Waals surface area contributed by atoms with E-state index in [1.165, 1.54) is 0 Å². The topological polar surface area (TPSA) is 80.9 Å². The number of nitrogens with one attached hydrogen (secondary N) is 1. The van der Waals surface area contributed by atoms with Gasteiger partial charge < -0.3 is 9.73 Å². The van der Waals surface area contributed by atoms with E-state index in [2.05, 4.69) is 20.3 Å². The van der Waals surface area contributed by atoms with Crippen molar-refractivity contribution >= 4 is 17.7 Å². The van der Waals surface area contributed by atoms with Gasteiger partial charge in [-0.1, -0.05) is 18.7 Å². The molecule has 0 aliphatic heterocycles. The maximum Gasteiger partial charge on any atom is 0.289 e. The lowest BCUT2D eigenvalue weighted by Crippen LogP contribution is -2.38. The zero-order valence-electron chi connectivity index (χ0n) is 14.0. The molecule has 0 aromatic carbocycles. The molecule has 128 valence electrons. The smallest absolute Gasteiger partial charge is 0.289 e. The van der Waals surface area contributed by atoms with Crippen LogP contribution in [0.3, 0.4) is 0 Å². The van der Waals surface area contributed by atoms with Crippen molar-refractivity contribution in [1.29, 1.82) is 0 Å². The number of aromatic nitrogens is 3. The molecule has 0 spiro atoms. The Morgan fingerprint density at radius 1 is 1.29 bits per heavy atom. The van der Waals surface area contributed by atoms with Crippen LogP contribution >= 0.6 is 11.8 Å². The summed E-state index contributed by atoms with van der Waals surface area (Å²) in [5, 5.41) is 4.43. The molecule has 1 amide bonds. The predicted molar refractivity (Wildman–Crippen MR) is 92.0 cm³/mol. The largest absolute Gasteiger partial charge is 0.435 e. The average Bonchev–Trinajstić information content (AvgIpc) is 2.99. The number of aryl methyl sites for hydroxylation is 2. The van der Waals surface area contributed by atoms with E-state index in [4.69, 9.17) is 4.42 Å². The van der Waals surface area contributed by atoms with Crippen LogP contribution in [-0.4, -0.2) is 32.2 Å². The summed E-state index contributed by atoms with van der Waals surface area (Å²) in [6, 6.07) is 2.02. The highest BCUT2D eigenvalue weighted by molar-refractivity contribution is 7.99. The number of carbonyl (C=O) groups excluding carboxylic acids is 1. The molecule has 1 saturated carbocycles. The van der Waals surface area contributed by atoms with Crippen LogP contribution in [0.4, 0.5) is 0 Å². The predicted octanol–water partition coefficient (Wildman–Crippen LogP) is 3.17. The monoisotopic (exact) mass is 346 g/mol. The fraction of sp³-hybridized carbons (Fsp3) is 0.529. The molecule has 0 atom stereocenters. The fourth-order valence-electron chi connectivity index (χ4n) is 2.89. The molecule has 0 radical (unpaired) electrons. The Labute approximate surface area is 145 Å². The van der Waals surface area contributed by atoms with Crippen molar-refractivity contribution in [2.24, 2.45) is 0 Å². The molecular weight excluding hydrogens is 324 g/mol. The van der Waals surface area contributed by atoms with Gasteiger partial charge in [-0.2, -0.15) is 0 Å². The van der Waals surface area contributed by atoms with Crippen LogP contribution in [0.2, 0.25) is 0 Å². The molecule has 2 heterocycles. The van der Waals surface area contributed by atoms with Gasteiger partial charge in [-0.25, -0.2) is 15.0 Å². The van der Waals surface area contributed by atoms with E-state index in [-0.39, 0.29) is 11.9 Å². The molecule has 1 aliphatic carbocycles. The van der Waals surface area contributed by atoms with Crippen LogP contribution in [0.5, 0.6) is 0 Å². The highest BCUT2D eigenvalue weighted by atomic mass is 32.2. The van der Waals surface area contributed by atoms with Crippen LogP contribution in [0, 0.1) is 6.92 Å². The van der Waals surface area contributed by atoms with Gasteiger partial charge in [0.25, 0.3) is 5.91 Å². The van der Waals surface area contributed by atoms with Crippen LogP contribution in [0.25, 0.3) is 0 Å². The van der Waals surface area contributed by atoms with Gasteiger partial charge in [-0.15, -0.1) is 0 Å². The van der Waals surface area contributed by atoms with Gasteiger partial charge in [0.05, 0.1) is 5.69 Å². The summed E-state index contributed by atoms with van der Waals surface area (Å²) < 4.78 is 5.52. The van der Waals surface area contributed by atoms with Crippen LogP contribution in [0.15, 0.2) is 28.0 Å². The normalized spacial score (nSPS) is 20.8. The number of oxazole rings is 1. The fourth-order valence-corrected chi connectivity index (χ4v) is 3.93. The number of nitrogens with zero attached hydrogens (tertiary/aromatic N) is 3. The van der Waals surface area contributed by atoms with E-state index in [0.29, 0.717) is 29.0 Å². The Balaban J connectivity index is 1.50. The first-order valence-corrected chi connectivity index (χ1v) is 9.24. The lowest BCUT2D eigenvalue weighted by molar-refractivity contribution is 0.0897. The van der Waals surface area contributed by atoms with Gasteiger partial charge in [0.2, 0.25) is 5.76 Å². The molecule has 3 rings (SSSR count). The summed E-state index contributed by atoms with van der Waals surface area (Å²) in [6.45, 7) is 3.77. The van der Waals surface area contributed by atoms with Crippen molar-refractivity contribution in [3.63, 3.8) is 0 Å². The quantitative estimate of drug-likeness (QED) is 0.838. The summed E-state index contributed by atoms with van der Waals surface area (Å²) in [4.78, 5) is 25.1. The molecule has 1 aliphatic rings. The molecule has 1 N–H and O–H groups in total. The van der Waals surface area contributed by atoms with Gasteiger partial charge in [0.1, 0.15) is 0 Å². The van der Waals surface area contributed by atoms with Crippen molar-refractivity contribution in [2.45, 2.75) is 62.4 Å². The van der Waals surface area contributed by atoms with Gasteiger partial charge in [0.15, 0.2) is 11.0 Å². The molecular formula is C17H22N4O2S. The number of thioether (sulfide) groups is 1. The van der Waals surface area contributed by atoms with Crippen molar-refractivity contribution in [3.8, 4) is 0 Å². The van der Waals surface area contributed by atoms with E-state index in [1.807, 2.05) is 19.9 Å². The van der Waals surface area contributed by atoms with Gasteiger partial charge in [0, 0.05) is 30.1 Å². The summed E-state index contributed by atoms with van der Waals surface area (Å²) in [6.07, 6.45) is 8.25. The Morgan fingerprint density at radius 2 is 2.00 bits per heavy atom. The second-order valence-corrected chi connectivity index (χ2v) is 7.24. The zero-order valence-corrected chi connectivity index (χ0v) is 14.8. The summed E-state index contributed by atoms with van der Waals surface area (Å²) in [5.74, 6) is 0.809. The van der Waals surface area contributed by atoms with E-state index in [1.54, 1.807) is 24.2 Å². The van der Waals surface area contributed by atoms with Crippen molar-refractivity contribution < 1.29 is 9.21 Å². The van der Waals surface area contributed by atoms with Crippen LogP contribution < -0.4 is 5.32 Å². The second-order valence-electron chi connectivity index (χ2n) is 5.97. The first-order valence-electron chi connectivity index (χ1n) is 8.36. The average molecular weight is 346 g/mol. The number of hydrogen-bond acceptors (Lipinski definition) is 6. The number of amides is 1. The summed E-state index contributed by atoms with van der Waals surface area (Å²) in [7, 11) is 0. The van der Waals surface area contributed by atoms with Crippen molar-refractivity contribution in [2.75, 3.05) is 0 Å². The SMILES string of the molecule is CCc1nc(C)c(C(=O)NC2CCC(Sc3ncccn3)CC2)o1. The number of carbonyl (C=O) groups is 1. The lowest BCUT2D eigenvalue weighted by Gasteiger charge is -2.28. The molecule has 2 aromatic heterocycles. The van der Waals surface area contributed by atoms with E-state index >= 15 is 0 Å². The van der Waals surface area contributed by atoms with Crippen LogP contribution in [0.1, 0.15) is 54.7 Å². The molecule has 24 heavy (non-hydrogen) atoms. The Kier molecular flexibility index (Phi) is 5.50. The third kappa shape index (κ3) is 4.14. The van der Waals surface area contributed by atoms with E-state index in [0.717, 1.165) is 30.8 Å². The molecule has 0 bridgehead atoms. The number of hydrogen-bond donors (Lipinski definition) is 1. The second kappa shape index (κ2) is 7.79. The third-order valence-electron chi connectivity index (χ3n) is 4.17. The zero-order chi connectivity index (χ0) is 16.9. The highest BCUT2D eigenvalue weighted by Crippen LogP contribution is 2.31. The summed E-state index contributed by atoms with van der Waals surface area (Å²) >= 11 is 1.73. The Morgan fingerprint density at radius 3 is 2.62 bits per heavy atom. The minimum Gasteiger partial charge on any atom is -0.435 e. The summed E-state index contributed by atoms with van der Waals surface area (Å²) in [5.41, 5.74) is 0.662. The lowest BCUT2D eigenvalue weighted by atomic mass is 9.95. The molecule has 2 aromatic rings. The van der Waals surface area contributed by atoms with E-state index in [9.17, 15) is 4.79 Å². The van der Waals surface area contributed by atoms with Gasteiger partial charge >= 0.3 is 0 Å². The Bertz CT molecular complexity index is 681. The number of rotatable bonds is 5. The third-order valence-corrected chi connectivity index (χ3v) is 5.40. The minimum atomic E-state index is -0.151. The molecule has 1 fully saturated rings. The first-order chi connectivity index (χ1) is 11.7. The molecule has 7 heteroatoms. The van der Waals surface area contributed by atoms with Gasteiger partial charge in [-0.3, -0.25) is 4.79 Å². The highest BCUT2D eigenvalue weighted by Gasteiger charge is 2.26.